The minimum absolute atomic E-state index is 0.0165. The van der Waals surface area contributed by atoms with Crippen molar-refractivity contribution in [2.75, 3.05) is 0 Å². The largest absolute Gasteiger partial charge is 0.508 e. The van der Waals surface area contributed by atoms with Gasteiger partial charge < -0.3 is 29.9 Å². The third-order valence-corrected chi connectivity index (χ3v) is 9.37. The molecule has 2 aliphatic heterocycles. The van der Waals surface area contributed by atoms with Gasteiger partial charge in [0.15, 0.2) is 0 Å². The van der Waals surface area contributed by atoms with Gasteiger partial charge in [0.2, 0.25) is 0 Å². The Balaban J connectivity index is 1.55. The van der Waals surface area contributed by atoms with E-state index in [1.54, 1.807) is 0 Å². The zero-order valence-corrected chi connectivity index (χ0v) is 24.9. The van der Waals surface area contributed by atoms with Crippen molar-refractivity contribution >= 4 is 0 Å². The van der Waals surface area contributed by atoms with E-state index < -0.39 is 12.0 Å². The predicted octanol–water partition coefficient (Wildman–Crippen LogP) is 7.96. The van der Waals surface area contributed by atoms with Crippen molar-refractivity contribution in [2.45, 2.75) is 66.1 Å². The molecule has 0 amide bonds. The van der Waals surface area contributed by atoms with Crippen LogP contribution in [0.2, 0.25) is 0 Å². The number of aryl methyl sites for hydroxylation is 4. The van der Waals surface area contributed by atoms with E-state index >= 15 is 0 Å². The second kappa shape index (κ2) is 10.2. The summed E-state index contributed by atoms with van der Waals surface area (Å²) in [6.45, 7) is 12.4. The first-order chi connectivity index (χ1) is 19.9. The Morgan fingerprint density at radius 1 is 0.619 bits per heavy atom. The van der Waals surface area contributed by atoms with Crippen LogP contribution in [-0.2, 0) is 6.42 Å². The standard InChI is InChI=1S/C36H38O6/c1-17-7-9-23(11-19(17)3)34-21(5)13-26-27(38)16-29(40)33(36(26)42-34)31-22(6)35(24-10-8-18(2)20(4)12-24)41-30-15-25(37)14-28(39)32(30)31/h7-12,14-16,21-22,31,34-35,37-40H,13H2,1-6H3. The highest BCUT2D eigenvalue weighted by molar-refractivity contribution is 5.65. The molecule has 0 saturated heterocycles. The fourth-order valence-electron chi connectivity index (χ4n) is 6.74. The van der Waals surface area contributed by atoms with E-state index in [0.29, 0.717) is 34.6 Å². The third-order valence-electron chi connectivity index (χ3n) is 9.37. The highest BCUT2D eigenvalue weighted by atomic mass is 16.5. The molecule has 5 unspecified atom stereocenters. The Hall–Kier alpha value is -4.32. The second-order valence-corrected chi connectivity index (χ2v) is 12.3. The summed E-state index contributed by atoms with van der Waals surface area (Å²) in [7, 11) is 0. The molecule has 4 N–H and O–H groups in total. The summed E-state index contributed by atoms with van der Waals surface area (Å²) in [4.78, 5) is 0. The molecule has 4 aromatic rings. The van der Waals surface area contributed by atoms with Gasteiger partial charge >= 0.3 is 0 Å². The maximum Gasteiger partial charge on any atom is 0.134 e. The fraction of sp³-hybridized carbons (Fsp3) is 0.333. The van der Waals surface area contributed by atoms with Crippen LogP contribution in [-0.4, -0.2) is 20.4 Å². The molecular weight excluding hydrogens is 528 g/mol. The van der Waals surface area contributed by atoms with Crippen molar-refractivity contribution in [3.63, 3.8) is 0 Å². The van der Waals surface area contributed by atoms with Crippen LogP contribution in [0.15, 0.2) is 54.6 Å². The van der Waals surface area contributed by atoms with E-state index in [2.05, 4.69) is 65.0 Å². The Morgan fingerprint density at radius 3 is 1.83 bits per heavy atom. The number of phenols is 4. The van der Waals surface area contributed by atoms with Gasteiger partial charge in [0, 0.05) is 52.6 Å². The van der Waals surface area contributed by atoms with E-state index in [1.807, 2.05) is 13.0 Å². The number of phenolic OH excluding ortho intramolecular Hbond substituents is 4. The lowest BCUT2D eigenvalue weighted by Gasteiger charge is -2.41. The van der Waals surface area contributed by atoms with E-state index in [1.165, 1.54) is 34.9 Å². The normalized spacial score (nSPS) is 23.0. The predicted molar refractivity (Wildman–Crippen MR) is 162 cm³/mol. The van der Waals surface area contributed by atoms with Gasteiger partial charge in [-0.15, -0.1) is 0 Å². The second-order valence-electron chi connectivity index (χ2n) is 12.3. The Morgan fingerprint density at radius 2 is 1.21 bits per heavy atom. The molecule has 0 aliphatic carbocycles. The minimum Gasteiger partial charge on any atom is -0.508 e. The summed E-state index contributed by atoms with van der Waals surface area (Å²) in [6, 6.07) is 16.7. The Bertz CT molecular complexity index is 1710. The van der Waals surface area contributed by atoms with E-state index in [4.69, 9.17) is 9.47 Å². The molecule has 6 heteroatoms. The summed E-state index contributed by atoms with van der Waals surface area (Å²) in [5.41, 5.74) is 8.25. The maximum atomic E-state index is 11.5. The lowest BCUT2D eigenvalue weighted by Crippen LogP contribution is -2.31. The average Bonchev–Trinajstić information content (AvgIpc) is 2.93. The van der Waals surface area contributed by atoms with Crippen LogP contribution in [0.25, 0.3) is 0 Å². The Labute approximate surface area is 246 Å². The molecule has 2 heterocycles. The molecule has 6 rings (SSSR count). The lowest BCUT2D eigenvalue weighted by molar-refractivity contribution is 0.0988. The topological polar surface area (TPSA) is 99.4 Å². The molecule has 0 aromatic heterocycles. The molecule has 0 radical (unpaired) electrons. The first-order valence-corrected chi connectivity index (χ1v) is 14.6. The first kappa shape index (κ1) is 27.8. The number of hydrogen-bond acceptors (Lipinski definition) is 6. The number of hydrogen-bond donors (Lipinski definition) is 4. The molecule has 0 spiro atoms. The van der Waals surface area contributed by atoms with Crippen LogP contribution in [0.5, 0.6) is 34.5 Å². The zero-order valence-electron chi connectivity index (χ0n) is 24.9. The van der Waals surface area contributed by atoms with Crippen molar-refractivity contribution < 1.29 is 29.9 Å². The van der Waals surface area contributed by atoms with Gasteiger partial charge in [-0.2, -0.15) is 0 Å². The van der Waals surface area contributed by atoms with Crippen molar-refractivity contribution in [3.05, 3.63) is 105 Å². The van der Waals surface area contributed by atoms with Gasteiger partial charge in [0.05, 0.1) is 0 Å². The number of rotatable bonds is 3. The molecule has 42 heavy (non-hydrogen) atoms. The third kappa shape index (κ3) is 4.50. The summed E-state index contributed by atoms with van der Waals surface area (Å²) < 4.78 is 13.3. The highest BCUT2D eigenvalue weighted by Crippen LogP contribution is 2.59. The van der Waals surface area contributed by atoms with Crippen LogP contribution >= 0.6 is 0 Å². The van der Waals surface area contributed by atoms with Gasteiger partial charge in [-0.3, -0.25) is 0 Å². The van der Waals surface area contributed by atoms with Crippen molar-refractivity contribution in [2.24, 2.45) is 11.8 Å². The highest BCUT2D eigenvalue weighted by Gasteiger charge is 2.44. The molecule has 218 valence electrons. The van der Waals surface area contributed by atoms with E-state index in [-0.39, 0.29) is 40.9 Å². The van der Waals surface area contributed by atoms with Gasteiger partial charge in [-0.1, -0.05) is 50.2 Å². The van der Waals surface area contributed by atoms with Crippen LogP contribution in [0, 0.1) is 39.5 Å². The van der Waals surface area contributed by atoms with Crippen LogP contribution in [0.4, 0.5) is 0 Å². The quantitative estimate of drug-likeness (QED) is 0.201. The zero-order chi connectivity index (χ0) is 30.0. The molecule has 5 atom stereocenters. The lowest BCUT2D eigenvalue weighted by atomic mass is 9.72. The molecule has 6 nitrogen and oxygen atoms in total. The number of benzene rings is 4. The number of fused-ring (bicyclic) bond motifs is 2. The molecule has 0 bridgehead atoms. The first-order valence-electron chi connectivity index (χ1n) is 14.6. The molecule has 4 aromatic carbocycles. The molecular formula is C36H38O6. The van der Waals surface area contributed by atoms with Crippen LogP contribution in [0.3, 0.4) is 0 Å². The van der Waals surface area contributed by atoms with Crippen LogP contribution in [0.1, 0.15) is 82.0 Å². The average molecular weight is 567 g/mol. The summed E-state index contributed by atoms with van der Waals surface area (Å²) in [5, 5.41) is 44.1. The van der Waals surface area contributed by atoms with E-state index in [9.17, 15) is 20.4 Å². The van der Waals surface area contributed by atoms with Gasteiger partial charge in [0.1, 0.15) is 46.7 Å². The van der Waals surface area contributed by atoms with E-state index in [0.717, 1.165) is 16.7 Å². The summed E-state index contributed by atoms with van der Waals surface area (Å²) in [5.74, 6) is -0.364. The smallest absolute Gasteiger partial charge is 0.134 e. The minimum atomic E-state index is -0.566. The maximum absolute atomic E-state index is 11.5. The molecule has 0 saturated carbocycles. The number of ether oxygens (including phenoxy) is 2. The Kier molecular flexibility index (Phi) is 6.76. The SMILES string of the molecule is Cc1ccc(C2Oc3c(c(O)cc(O)c3C3c4c(O)cc(O)cc4OC(c4ccc(C)c(C)c4)C3C)CC2C)cc1C. The van der Waals surface area contributed by atoms with Gasteiger partial charge in [-0.05, 0) is 67.5 Å². The van der Waals surface area contributed by atoms with Crippen LogP contribution < -0.4 is 9.47 Å². The van der Waals surface area contributed by atoms with Gasteiger partial charge in [-0.25, -0.2) is 0 Å². The summed E-state index contributed by atoms with van der Waals surface area (Å²) in [6.07, 6.45) is -0.182. The van der Waals surface area contributed by atoms with Crippen molar-refractivity contribution in [1.82, 2.24) is 0 Å². The molecule has 0 fully saturated rings. The van der Waals surface area contributed by atoms with Crippen molar-refractivity contribution in [1.29, 1.82) is 0 Å². The number of aromatic hydroxyl groups is 4. The monoisotopic (exact) mass is 566 g/mol. The molecule has 2 aliphatic rings. The van der Waals surface area contributed by atoms with Crippen molar-refractivity contribution in [3.8, 4) is 34.5 Å². The summed E-state index contributed by atoms with van der Waals surface area (Å²) >= 11 is 0. The fourth-order valence-corrected chi connectivity index (χ4v) is 6.74. The van der Waals surface area contributed by atoms with Gasteiger partial charge in [0.25, 0.3) is 0 Å².